The topological polar surface area (TPSA) is 58.6 Å². The lowest BCUT2D eigenvalue weighted by Crippen LogP contribution is -2.51. The first kappa shape index (κ1) is 19.3. The van der Waals surface area contributed by atoms with E-state index in [-0.39, 0.29) is 11.9 Å². The summed E-state index contributed by atoms with van der Waals surface area (Å²) in [6, 6.07) is 10.0. The molecule has 1 amide bonds. The molecule has 3 aromatic rings. The molecular weight excluding hydrogens is 400 g/mol. The molecule has 0 radical (unpaired) electrons. The highest BCUT2D eigenvalue weighted by Crippen LogP contribution is 2.37. The summed E-state index contributed by atoms with van der Waals surface area (Å²) in [5.74, 6) is 0.0815. The molecule has 0 N–H and O–H groups in total. The molecule has 0 atom stereocenters. The second kappa shape index (κ2) is 7.85. The quantitative estimate of drug-likeness (QED) is 0.599. The lowest BCUT2D eigenvalue weighted by molar-refractivity contribution is 0.0281. The van der Waals surface area contributed by atoms with E-state index in [9.17, 15) is 4.79 Å². The molecule has 30 heavy (non-hydrogen) atoms. The largest absolute Gasteiger partial charge is 0.381 e. The van der Waals surface area contributed by atoms with Crippen LogP contribution in [0.25, 0.3) is 10.9 Å². The Morgan fingerprint density at radius 2 is 2.03 bits per heavy atom. The minimum Gasteiger partial charge on any atom is -0.381 e. The first-order valence-electron chi connectivity index (χ1n) is 10.2. The molecule has 2 aliphatic heterocycles. The summed E-state index contributed by atoms with van der Waals surface area (Å²) in [6.45, 7) is 1.99. The number of ether oxygens (including phenoxy) is 1. The highest BCUT2D eigenvalue weighted by molar-refractivity contribution is 6.29. The number of carbonyl (C=O) groups is 1. The van der Waals surface area contributed by atoms with Crippen LogP contribution in [-0.2, 0) is 11.2 Å². The Hall–Kier alpha value is -2.70. The van der Waals surface area contributed by atoms with Crippen LogP contribution in [0.15, 0.2) is 42.7 Å². The number of anilines is 1. The predicted octanol–water partition coefficient (Wildman–Crippen LogP) is 3.90. The average Bonchev–Trinajstić information content (AvgIpc) is 2.78. The van der Waals surface area contributed by atoms with Gasteiger partial charge in [-0.3, -0.25) is 9.78 Å². The zero-order valence-corrected chi connectivity index (χ0v) is 17.6. The van der Waals surface area contributed by atoms with E-state index in [4.69, 9.17) is 16.3 Å². The monoisotopic (exact) mass is 422 g/mol. The number of rotatable bonds is 3. The van der Waals surface area contributed by atoms with E-state index < -0.39 is 0 Å². The Labute approximate surface area is 180 Å². The molecule has 4 heterocycles. The van der Waals surface area contributed by atoms with E-state index in [1.165, 1.54) is 0 Å². The van der Waals surface area contributed by atoms with E-state index in [1.807, 2.05) is 30.1 Å². The molecule has 0 saturated carbocycles. The molecule has 6 nitrogen and oxygen atoms in total. The molecule has 0 aliphatic carbocycles. The average molecular weight is 423 g/mol. The zero-order chi connectivity index (χ0) is 20.7. The van der Waals surface area contributed by atoms with Crippen molar-refractivity contribution in [3.8, 4) is 0 Å². The Bertz CT molecular complexity index is 1100. The van der Waals surface area contributed by atoms with Crippen LogP contribution in [0.2, 0.25) is 5.15 Å². The van der Waals surface area contributed by atoms with Gasteiger partial charge in [0.2, 0.25) is 0 Å². The summed E-state index contributed by atoms with van der Waals surface area (Å²) in [6.07, 6.45) is 5.99. The van der Waals surface area contributed by atoms with Crippen LogP contribution in [0.5, 0.6) is 0 Å². The summed E-state index contributed by atoms with van der Waals surface area (Å²) < 4.78 is 5.50. The van der Waals surface area contributed by atoms with Gasteiger partial charge in [0.15, 0.2) is 0 Å². The maximum atomic E-state index is 13.6. The molecule has 2 aromatic heterocycles. The van der Waals surface area contributed by atoms with E-state index in [0.717, 1.165) is 46.1 Å². The first-order valence-corrected chi connectivity index (χ1v) is 10.6. The SMILES string of the molecule is CN1CN(C2CCOCC2)C(=O)c2cc(Cc3ccc(Cl)nc3)c3cccnc3c21. The molecule has 0 bridgehead atoms. The lowest BCUT2D eigenvalue weighted by atomic mass is 9.94. The van der Waals surface area contributed by atoms with Gasteiger partial charge in [-0.2, -0.15) is 0 Å². The number of fused-ring (bicyclic) bond motifs is 3. The van der Waals surface area contributed by atoms with Crippen molar-refractivity contribution in [2.75, 3.05) is 31.8 Å². The first-order chi connectivity index (χ1) is 14.6. The number of nitrogens with zero attached hydrogens (tertiary/aromatic N) is 4. The van der Waals surface area contributed by atoms with Crippen molar-refractivity contribution in [3.05, 3.63) is 64.6 Å². The van der Waals surface area contributed by atoms with Crippen molar-refractivity contribution in [2.45, 2.75) is 25.3 Å². The molecule has 5 rings (SSSR count). The molecule has 0 unspecified atom stereocenters. The van der Waals surface area contributed by atoms with Gasteiger partial charge in [0, 0.05) is 44.1 Å². The van der Waals surface area contributed by atoms with Crippen LogP contribution >= 0.6 is 11.6 Å². The van der Waals surface area contributed by atoms with Crippen LogP contribution in [0.1, 0.15) is 34.3 Å². The number of pyridine rings is 2. The van der Waals surface area contributed by atoms with E-state index in [0.29, 0.717) is 31.5 Å². The van der Waals surface area contributed by atoms with Crippen LogP contribution in [0.3, 0.4) is 0 Å². The Kier molecular flexibility index (Phi) is 5.05. The fraction of sp³-hybridized carbons (Fsp3) is 0.348. The Morgan fingerprint density at radius 3 is 2.80 bits per heavy atom. The third-order valence-corrected chi connectivity index (χ3v) is 6.23. The number of hydrogen-bond donors (Lipinski definition) is 0. The number of aromatic nitrogens is 2. The predicted molar refractivity (Wildman–Crippen MR) is 117 cm³/mol. The number of amides is 1. The van der Waals surface area contributed by atoms with Gasteiger partial charge >= 0.3 is 0 Å². The molecule has 154 valence electrons. The van der Waals surface area contributed by atoms with Gasteiger partial charge in [-0.05, 0) is 48.6 Å². The fourth-order valence-corrected chi connectivity index (χ4v) is 4.64. The maximum Gasteiger partial charge on any atom is 0.257 e. The Balaban J connectivity index is 1.60. The van der Waals surface area contributed by atoms with E-state index in [1.54, 1.807) is 18.5 Å². The van der Waals surface area contributed by atoms with Crippen molar-refractivity contribution >= 4 is 34.1 Å². The van der Waals surface area contributed by atoms with Crippen LogP contribution < -0.4 is 4.90 Å². The summed E-state index contributed by atoms with van der Waals surface area (Å²) in [4.78, 5) is 26.6. The lowest BCUT2D eigenvalue weighted by Gasteiger charge is -2.42. The maximum absolute atomic E-state index is 13.6. The van der Waals surface area contributed by atoms with Crippen molar-refractivity contribution in [2.24, 2.45) is 0 Å². The van der Waals surface area contributed by atoms with Crippen LogP contribution in [-0.4, -0.2) is 53.7 Å². The van der Waals surface area contributed by atoms with E-state index >= 15 is 0 Å². The molecule has 0 spiro atoms. The van der Waals surface area contributed by atoms with Gasteiger partial charge in [-0.1, -0.05) is 23.7 Å². The second-order valence-electron chi connectivity index (χ2n) is 7.96. The summed E-state index contributed by atoms with van der Waals surface area (Å²) in [7, 11) is 2.04. The van der Waals surface area contributed by atoms with Crippen molar-refractivity contribution in [3.63, 3.8) is 0 Å². The summed E-state index contributed by atoms with van der Waals surface area (Å²) in [5.41, 5.74) is 4.61. The van der Waals surface area contributed by atoms with Gasteiger partial charge in [0.05, 0.1) is 23.4 Å². The van der Waals surface area contributed by atoms with Crippen molar-refractivity contribution < 1.29 is 9.53 Å². The Morgan fingerprint density at radius 1 is 1.20 bits per heavy atom. The minimum absolute atomic E-state index is 0.0815. The third-order valence-electron chi connectivity index (χ3n) is 6.00. The summed E-state index contributed by atoms with van der Waals surface area (Å²) >= 11 is 5.94. The van der Waals surface area contributed by atoms with Crippen LogP contribution in [0.4, 0.5) is 5.69 Å². The number of benzene rings is 1. The number of carbonyl (C=O) groups excluding carboxylic acids is 1. The zero-order valence-electron chi connectivity index (χ0n) is 16.8. The summed E-state index contributed by atoms with van der Waals surface area (Å²) in [5, 5.41) is 1.53. The van der Waals surface area contributed by atoms with Gasteiger partial charge in [-0.15, -0.1) is 0 Å². The molecular formula is C23H23ClN4O2. The van der Waals surface area contributed by atoms with Gasteiger partial charge in [-0.25, -0.2) is 4.98 Å². The molecule has 1 fully saturated rings. The highest BCUT2D eigenvalue weighted by atomic mass is 35.5. The second-order valence-corrected chi connectivity index (χ2v) is 8.34. The normalized spacial score (nSPS) is 17.5. The third kappa shape index (κ3) is 3.40. The van der Waals surface area contributed by atoms with Crippen molar-refractivity contribution in [1.82, 2.24) is 14.9 Å². The van der Waals surface area contributed by atoms with E-state index in [2.05, 4.69) is 20.9 Å². The fourth-order valence-electron chi connectivity index (χ4n) is 4.52. The van der Waals surface area contributed by atoms with Gasteiger partial charge in [0.25, 0.3) is 5.91 Å². The van der Waals surface area contributed by atoms with Gasteiger partial charge in [0.1, 0.15) is 5.15 Å². The molecule has 1 saturated heterocycles. The minimum atomic E-state index is 0.0815. The van der Waals surface area contributed by atoms with Crippen molar-refractivity contribution in [1.29, 1.82) is 0 Å². The molecule has 2 aliphatic rings. The smallest absolute Gasteiger partial charge is 0.257 e. The standard InChI is InChI=1S/C23H23ClN4O2/c1-27-14-28(17-6-9-30-10-7-17)23(29)19-12-16(11-15-4-5-20(24)26-13-15)18-3-2-8-25-21(18)22(19)27/h2-5,8,12-13,17H,6-7,9-11,14H2,1H3. The number of hydrogen-bond acceptors (Lipinski definition) is 5. The van der Waals surface area contributed by atoms with Crippen LogP contribution in [0, 0.1) is 0 Å². The van der Waals surface area contributed by atoms with Gasteiger partial charge < -0.3 is 14.5 Å². The molecule has 7 heteroatoms. The molecule has 1 aromatic carbocycles. The number of halogens is 1. The highest BCUT2D eigenvalue weighted by Gasteiger charge is 2.35.